The van der Waals surface area contributed by atoms with Crippen molar-refractivity contribution >= 4 is 46.7 Å². The van der Waals surface area contributed by atoms with E-state index in [0.29, 0.717) is 22.3 Å². The molecule has 2 rings (SSSR count). The lowest BCUT2D eigenvalue weighted by Gasteiger charge is -2.17. The van der Waals surface area contributed by atoms with Crippen LogP contribution in [0.4, 0.5) is 19.3 Å². The zero-order valence-corrected chi connectivity index (χ0v) is 12.1. The van der Waals surface area contributed by atoms with E-state index in [-0.39, 0.29) is 11.7 Å². The first kappa shape index (κ1) is 15.4. The van der Waals surface area contributed by atoms with Crippen LogP contribution in [-0.4, -0.2) is 34.4 Å². The number of carbonyl (C=O) groups is 2. The number of thiocarbonyl (C=S) groups is 1. The number of hydrazine groups is 1. The molecule has 1 heterocycles. The van der Waals surface area contributed by atoms with Gasteiger partial charge in [-0.05, 0) is 36.5 Å². The molecule has 1 aliphatic rings. The van der Waals surface area contributed by atoms with Crippen LogP contribution >= 0.6 is 24.0 Å². The van der Waals surface area contributed by atoms with Gasteiger partial charge in [-0.15, -0.1) is 0 Å². The van der Waals surface area contributed by atoms with Crippen LogP contribution in [0.2, 0.25) is 0 Å². The summed E-state index contributed by atoms with van der Waals surface area (Å²) in [6, 6.07) is 5.61. The number of hydrogen-bond donors (Lipinski definition) is 3. The number of nitrogens with one attached hydrogen (secondary N) is 3. The van der Waals surface area contributed by atoms with Crippen molar-refractivity contribution < 1.29 is 18.4 Å². The number of nitrogens with zero attached hydrogens (tertiary/aromatic N) is 1. The Morgan fingerprint density at radius 2 is 2.00 bits per heavy atom. The number of carbonyl (C=O) groups excluding carboxylic acids is 2. The van der Waals surface area contributed by atoms with E-state index in [1.807, 2.05) is 0 Å². The van der Waals surface area contributed by atoms with Crippen LogP contribution in [0.25, 0.3) is 0 Å². The molecule has 0 saturated carbocycles. The maximum Gasteiger partial charge on any atom is 0.343 e. The van der Waals surface area contributed by atoms with E-state index in [0.717, 1.165) is 5.01 Å². The second kappa shape index (κ2) is 6.68. The molecular weight excluding hydrogens is 322 g/mol. The summed E-state index contributed by atoms with van der Waals surface area (Å²) in [6.07, 6.45) is 0. The van der Waals surface area contributed by atoms with E-state index < -0.39 is 17.7 Å². The van der Waals surface area contributed by atoms with Crippen molar-refractivity contribution in [2.24, 2.45) is 0 Å². The Morgan fingerprint density at radius 1 is 1.33 bits per heavy atom. The van der Waals surface area contributed by atoms with Crippen LogP contribution < -0.4 is 16.1 Å². The topological polar surface area (TPSA) is 73.5 Å². The number of alkyl halides is 2. The molecule has 0 aliphatic carbocycles. The van der Waals surface area contributed by atoms with Gasteiger partial charge < -0.3 is 5.32 Å². The van der Waals surface area contributed by atoms with E-state index >= 15 is 0 Å². The van der Waals surface area contributed by atoms with E-state index in [1.54, 1.807) is 12.1 Å². The highest BCUT2D eigenvalue weighted by Crippen LogP contribution is 2.26. The number of thioether (sulfide) groups is 1. The van der Waals surface area contributed by atoms with Crippen LogP contribution in [0.15, 0.2) is 29.2 Å². The standard InChI is InChI=1S/C11H10F2N4O2S2/c12-9(13)21-7-3-1-6(2-4-7)14-10(20)16-17-5-8(18)15-11(17)19/h1-4,9H,5H2,(H2,14,16,20)(H,15,18,19). The fraction of sp³-hybridized carbons (Fsp3) is 0.182. The minimum Gasteiger partial charge on any atom is -0.331 e. The fourth-order valence-electron chi connectivity index (χ4n) is 1.53. The maximum absolute atomic E-state index is 12.2. The number of urea groups is 1. The summed E-state index contributed by atoms with van der Waals surface area (Å²) < 4.78 is 24.3. The molecule has 6 nitrogen and oxygen atoms in total. The highest BCUT2D eigenvalue weighted by atomic mass is 32.2. The van der Waals surface area contributed by atoms with Crippen molar-refractivity contribution in [1.82, 2.24) is 15.8 Å². The van der Waals surface area contributed by atoms with Gasteiger partial charge in [-0.3, -0.25) is 15.5 Å². The minimum atomic E-state index is -2.47. The number of hydrogen-bond acceptors (Lipinski definition) is 4. The number of halogens is 2. The Labute approximate surface area is 128 Å². The Morgan fingerprint density at radius 3 is 2.52 bits per heavy atom. The molecule has 0 aromatic heterocycles. The van der Waals surface area contributed by atoms with Crippen LogP contribution in [0.3, 0.4) is 0 Å². The number of imide groups is 1. The molecule has 10 heteroatoms. The summed E-state index contributed by atoms with van der Waals surface area (Å²) >= 11 is 5.43. The first-order chi connectivity index (χ1) is 9.94. The molecule has 1 aliphatic heterocycles. The second-order valence-corrected chi connectivity index (χ2v) is 5.38. The third kappa shape index (κ3) is 4.53. The molecule has 0 atom stereocenters. The summed E-state index contributed by atoms with van der Waals surface area (Å²) in [5, 5.41) is 5.99. The van der Waals surface area contributed by atoms with E-state index in [9.17, 15) is 18.4 Å². The van der Waals surface area contributed by atoms with Crippen molar-refractivity contribution in [1.29, 1.82) is 0 Å². The number of anilines is 1. The molecule has 1 fully saturated rings. The van der Waals surface area contributed by atoms with Gasteiger partial charge in [0.1, 0.15) is 6.54 Å². The summed E-state index contributed by atoms with van der Waals surface area (Å²) in [6.45, 7) is -0.134. The molecule has 3 amide bonds. The van der Waals surface area contributed by atoms with Gasteiger partial charge in [0.15, 0.2) is 5.11 Å². The highest BCUT2D eigenvalue weighted by Gasteiger charge is 2.27. The molecule has 0 spiro atoms. The monoisotopic (exact) mass is 332 g/mol. The largest absolute Gasteiger partial charge is 0.343 e. The quantitative estimate of drug-likeness (QED) is 0.443. The van der Waals surface area contributed by atoms with Crippen molar-refractivity contribution in [2.45, 2.75) is 10.7 Å². The third-order valence-electron chi connectivity index (χ3n) is 2.37. The number of rotatable bonds is 4. The predicted molar refractivity (Wildman–Crippen MR) is 77.9 cm³/mol. The maximum atomic E-state index is 12.2. The molecule has 1 aromatic carbocycles. The average molecular weight is 332 g/mol. The normalized spacial score (nSPS) is 14.3. The van der Waals surface area contributed by atoms with Gasteiger partial charge in [0.05, 0.1) is 0 Å². The molecular formula is C11H10F2N4O2S2. The molecule has 0 radical (unpaired) electrons. The summed E-state index contributed by atoms with van der Waals surface area (Å²) in [7, 11) is 0. The fourth-order valence-corrected chi connectivity index (χ4v) is 2.26. The molecule has 3 N–H and O–H groups in total. The lowest BCUT2D eigenvalue weighted by Crippen LogP contribution is -2.45. The van der Waals surface area contributed by atoms with Gasteiger partial charge in [0.25, 0.3) is 5.76 Å². The summed E-state index contributed by atoms with van der Waals surface area (Å²) in [4.78, 5) is 22.7. The minimum absolute atomic E-state index is 0.106. The molecule has 1 saturated heterocycles. The Hall–Kier alpha value is -1.94. The van der Waals surface area contributed by atoms with Gasteiger partial charge in [-0.2, -0.15) is 8.78 Å². The van der Waals surface area contributed by atoms with Gasteiger partial charge in [-0.1, -0.05) is 11.8 Å². The molecule has 1 aromatic rings. The lowest BCUT2D eigenvalue weighted by molar-refractivity contribution is -0.118. The van der Waals surface area contributed by atoms with Crippen molar-refractivity contribution in [3.05, 3.63) is 24.3 Å². The zero-order valence-electron chi connectivity index (χ0n) is 10.4. The van der Waals surface area contributed by atoms with Crippen LogP contribution in [0.5, 0.6) is 0 Å². The van der Waals surface area contributed by atoms with Crippen molar-refractivity contribution in [2.75, 3.05) is 11.9 Å². The van der Waals surface area contributed by atoms with Gasteiger partial charge in [0.2, 0.25) is 5.91 Å². The van der Waals surface area contributed by atoms with Crippen LogP contribution in [-0.2, 0) is 4.79 Å². The molecule has 0 bridgehead atoms. The van der Waals surface area contributed by atoms with E-state index in [1.165, 1.54) is 12.1 Å². The van der Waals surface area contributed by atoms with E-state index in [2.05, 4.69) is 16.1 Å². The van der Waals surface area contributed by atoms with Crippen LogP contribution in [0, 0.1) is 0 Å². The summed E-state index contributed by atoms with van der Waals surface area (Å²) in [5.74, 6) is -2.90. The molecule has 21 heavy (non-hydrogen) atoms. The average Bonchev–Trinajstić information content (AvgIpc) is 2.69. The first-order valence-electron chi connectivity index (χ1n) is 5.68. The zero-order chi connectivity index (χ0) is 15.4. The van der Waals surface area contributed by atoms with Crippen LogP contribution in [0.1, 0.15) is 0 Å². The number of benzene rings is 1. The highest BCUT2D eigenvalue weighted by molar-refractivity contribution is 7.99. The number of amides is 3. The SMILES string of the molecule is O=C1CN(NC(=S)Nc2ccc(SC(F)F)cc2)C(=O)N1. The predicted octanol–water partition coefficient (Wildman–Crippen LogP) is 1.75. The second-order valence-electron chi connectivity index (χ2n) is 3.91. The third-order valence-corrected chi connectivity index (χ3v) is 3.28. The van der Waals surface area contributed by atoms with Crippen molar-refractivity contribution in [3.8, 4) is 0 Å². The molecule has 112 valence electrons. The Balaban J connectivity index is 1.88. The van der Waals surface area contributed by atoms with E-state index in [4.69, 9.17) is 12.2 Å². The van der Waals surface area contributed by atoms with Gasteiger partial charge in [-0.25, -0.2) is 9.80 Å². The first-order valence-corrected chi connectivity index (χ1v) is 6.96. The Bertz CT molecular complexity index is 568. The lowest BCUT2D eigenvalue weighted by atomic mass is 10.3. The molecule has 0 unspecified atom stereocenters. The Kier molecular flexibility index (Phi) is 4.91. The van der Waals surface area contributed by atoms with Gasteiger partial charge in [0, 0.05) is 10.6 Å². The smallest absolute Gasteiger partial charge is 0.331 e. The van der Waals surface area contributed by atoms with Crippen molar-refractivity contribution in [3.63, 3.8) is 0 Å². The summed E-state index contributed by atoms with van der Waals surface area (Å²) in [5.41, 5.74) is 3.12. The van der Waals surface area contributed by atoms with Gasteiger partial charge >= 0.3 is 6.03 Å².